The van der Waals surface area contributed by atoms with Crippen molar-refractivity contribution in [3.8, 4) is 0 Å². The van der Waals surface area contributed by atoms with Crippen molar-refractivity contribution in [2.75, 3.05) is 5.32 Å². The van der Waals surface area contributed by atoms with E-state index in [1.54, 1.807) is 12.1 Å². The van der Waals surface area contributed by atoms with Gasteiger partial charge in [-0.1, -0.05) is 35.9 Å². The average molecular weight is 413 g/mol. The van der Waals surface area contributed by atoms with Crippen molar-refractivity contribution in [3.05, 3.63) is 63.9 Å². The highest BCUT2D eigenvalue weighted by Crippen LogP contribution is 2.29. The molecule has 0 bridgehead atoms. The number of carbonyl (C=O) groups is 2. The van der Waals surface area contributed by atoms with Crippen LogP contribution in [0.5, 0.6) is 0 Å². The normalized spacial score (nSPS) is 15.3. The van der Waals surface area contributed by atoms with Crippen LogP contribution in [-0.2, 0) is 11.3 Å². The topological polar surface area (TPSA) is 76.0 Å². The number of amides is 1. The Bertz CT molecular complexity index is 1140. The molecule has 2 aromatic carbocycles. The van der Waals surface area contributed by atoms with Gasteiger partial charge in [0.1, 0.15) is 11.9 Å². The first kappa shape index (κ1) is 18.6. The highest BCUT2D eigenvalue weighted by molar-refractivity contribution is 7.71. The van der Waals surface area contributed by atoms with Crippen LogP contribution in [0, 0.1) is 4.77 Å². The third kappa shape index (κ3) is 3.63. The Balaban J connectivity index is 1.41. The molecule has 0 aliphatic carbocycles. The highest BCUT2D eigenvalue weighted by atomic mass is 35.5. The van der Waals surface area contributed by atoms with Gasteiger partial charge in [0.15, 0.2) is 0 Å². The Hall–Kier alpha value is -2.77. The van der Waals surface area contributed by atoms with Gasteiger partial charge in [-0.15, -0.1) is 0 Å². The second-order valence-electron chi connectivity index (χ2n) is 6.58. The molecule has 1 aliphatic rings. The van der Waals surface area contributed by atoms with Crippen molar-refractivity contribution in [2.24, 2.45) is 0 Å². The zero-order chi connectivity index (χ0) is 19.7. The molecular weight excluding hydrogens is 396 g/mol. The summed E-state index contributed by atoms with van der Waals surface area (Å²) in [5, 5.41) is 7.52. The van der Waals surface area contributed by atoms with Crippen molar-refractivity contribution >= 4 is 52.4 Å². The van der Waals surface area contributed by atoms with E-state index in [1.807, 2.05) is 36.4 Å². The minimum atomic E-state index is -0.508. The molecule has 0 radical (unpaired) electrons. The van der Waals surface area contributed by atoms with E-state index in [2.05, 4.69) is 15.6 Å². The van der Waals surface area contributed by atoms with Crippen LogP contribution in [-0.4, -0.2) is 27.4 Å². The SMILES string of the molecule is O=C(CC[C@H]1Nc2c3ccccc3nc(=S)n2C1=O)NCc1cccc(Cl)c1. The van der Waals surface area contributed by atoms with Crippen LogP contribution in [0.2, 0.25) is 5.02 Å². The van der Waals surface area contributed by atoms with Gasteiger partial charge in [-0.25, -0.2) is 9.55 Å². The second kappa shape index (κ2) is 7.69. The maximum Gasteiger partial charge on any atom is 0.257 e. The summed E-state index contributed by atoms with van der Waals surface area (Å²) in [5.74, 6) is 0.336. The largest absolute Gasteiger partial charge is 0.359 e. The van der Waals surface area contributed by atoms with Gasteiger partial charge in [0, 0.05) is 23.4 Å². The predicted octanol–water partition coefficient (Wildman–Crippen LogP) is 3.95. The number of rotatable bonds is 5. The number of anilines is 1. The first-order valence-corrected chi connectivity index (χ1v) is 9.65. The van der Waals surface area contributed by atoms with Crippen LogP contribution < -0.4 is 10.6 Å². The number of hydrogen-bond donors (Lipinski definition) is 2. The number of halogens is 1. The van der Waals surface area contributed by atoms with Gasteiger partial charge in [-0.05, 0) is 48.5 Å². The molecule has 4 rings (SSSR count). The molecule has 6 nitrogen and oxygen atoms in total. The number of benzene rings is 2. The summed E-state index contributed by atoms with van der Waals surface area (Å²) < 4.78 is 1.64. The van der Waals surface area contributed by atoms with Crippen LogP contribution >= 0.6 is 23.8 Å². The van der Waals surface area contributed by atoms with E-state index in [-0.39, 0.29) is 23.0 Å². The molecule has 0 unspecified atom stereocenters. The molecule has 28 heavy (non-hydrogen) atoms. The maximum atomic E-state index is 12.7. The van der Waals surface area contributed by atoms with Crippen molar-refractivity contribution in [1.29, 1.82) is 0 Å². The number of nitrogens with one attached hydrogen (secondary N) is 2. The predicted molar refractivity (Wildman–Crippen MR) is 111 cm³/mol. The average Bonchev–Trinajstić information content (AvgIpc) is 3.02. The summed E-state index contributed by atoms with van der Waals surface area (Å²) in [4.78, 5) is 29.3. The second-order valence-corrected chi connectivity index (χ2v) is 7.38. The van der Waals surface area contributed by atoms with Gasteiger partial charge >= 0.3 is 0 Å². The van der Waals surface area contributed by atoms with Crippen LogP contribution in [0.3, 0.4) is 0 Å². The molecule has 0 fully saturated rings. The number of nitrogens with zero attached hydrogens (tertiary/aromatic N) is 2. The molecule has 0 spiro atoms. The van der Waals surface area contributed by atoms with Crippen LogP contribution in [0.15, 0.2) is 48.5 Å². The molecule has 1 atom stereocenters. The van der Waals surface area contributed by atoms with E-state index >= 15 is 0 Å². The van der Waals surface area contributed by atoms with Crippen molar-refractivity contribution in [3.63, 3.8) is 0 Å². The number of para-hydroxylation sites is 1. The van der Waals surface area contributed by atoms with Crippen molar-refractivity contribution in [2.45, 2.75) is 25.4 Å². The van der Waals surface area contributed by atoms with E-state index in [0.29, 0.717) is 23.8 Å². The van der Waals surface area contributed by atoms with Gasteiger partial charge in [-0.3, -0.25) is 9.59 Å². The Kier molecular flexibility index (Phi) is 5.11. The molecule has 142 valence electrons. The van der Waals surface area contributed by atoms with Gasteiger partial charge in [-0.2, -0.15) is 0 Å². The van der Waals surface area contributed by atoms with Crippen molar-refractivity contribution < 1.29 is 9.59 Å². The van der Waals surface area contributed by atoms with E-state index in [4.69, 9.17) is 23.8 Å². The highest BCUT2D eigenvalue weighted by Gasteiger charge is 2.31. The van der Waals surface area contributed by atoms with Crippen LogP contribution in [0.1, 0.15) is 23.2 Å². The molecule has 1 amide bonds. The Labute approximate surface area is 171 Å². The lowest BCUT2D eigenvalue weighted by molar-refractivity contribution is -0.121. The number of fused-ring (bicyclic) bond motifs is 3. The molecule has 0 saturated carbocycles. The molecule has 1 aliphatic heterocycles. The van der Waals surface area contributed by atoms with Gasteiger partial charge < -0.3 is 10.6 Å². The molecule has 2 N–H and O–H groups in total. The lowest BCUT2D eigenvalue weighted by atomic mass is 10.1. The summed E-state index contributed by atoms with van der Waals surface area (Å²) >= 11 is 11.2. The summed E-state index contributed by atoms with van der Waals surface area (Å²) in [5.41, 5.74) is 1.66. The summed E-state index contributed by atoms with van der Waals surface area (Å²) in [6.45, 7) is 0.394. The first-order valence-electron chi connectivity index (χ1n) is 8.86. The minimum absolute atomic E-state index is 0.128. The molecule has 2 heterocycles. The molecule has 1 aromatic heterocycles. The third-order valence-corrected chi connectivity index (χ3v) is 5.17. The number of hydrogen-bond acceptors (Lipinski definition) is 5. The zero-order valence-corrected chi connectivity index (χ0v) is 16.4. The fraction of sp³-hybridized carbons (Fsp3) is 0.200. The molecule has 8 heteroatoms. The Morgan fingerprint density at radius 3 is 2.89 bits per heavy atom. The van der Waals surface area contributed by atoms with E-state index in [9.17, 15) is 9.59 Å². The Morgan fingerprint density at radius 1 is 1.25 bits per heavy atom. The van der Waals surface area contributed by atoms with Gasteiger partial charge in [0.2, 0.25) is 10.7 Å². The monoisotopic (exact) mass is 412 g/mol. The quantitative estimate of drug-likeness (QED) is 0.620. The fourth-order valence-corrected chi connectivity index (χ4v) is 3.77. The maximum absolute atomic E-state index is 12.7. The van der Waals surface area contributed by atoms with E-state index in [1.165, 1.54) is 4.57 Å². The summed E-state index contributed by atoms with van der Waals surface area (Å²) in [6, 6.07) is 14.3. The van der Waals surface area contributed by atoms with Crippen LogP contribution in [0.4, 0.5) is 5.82 Å². The molecule has 3 aromatic rings. The number of aromatic nitrogens is 2. The summed E-state index contributed by atoms with van der Waals surface area (Å²) in [7, 11) is 0. The minimum Gasteiger partial charge on any atom is -0.359 e. The van der Waals surface area contributed by atoms with E-state index in [0.717, 1.165) is 16.5 Å². The molecular formula is C20H17ClN4O2S. The lowest BCUT2D eigenvalue weighted by Gasteiger charge is -2.09. The van der Waals surface area contributed by atoms with E-state index < -0.39 is 6.04 Å². The molecule has 0 saturated heterocycles. The number of carbonyl (C=O) groups excluding carboxylic acids is 2. The third-order valence-electron chi connectivity index (χ3n) is 4.66. The fourth-order valence-electron chi connectivity index (χ4n) is 3.28. The lowest BCUT2D eigenvalue weighted by Crippen LogP contribution is -2.29. The van der Waals surface area contributed by atoms with Gasteiger partial charge in [0.25, 0.3) is 5.91 Å². The Morgan fingerprint density at radius 2 is 2.07 bits per heavy atom. The smallest absolute Gasteiger partial charge is 0.257 e. The standard InChI is InChI=1S/C20H17ClN4O2S/c21-13-5-3-4-12(10-13)11-22-17(26)9-8-16-19(27)25-18(23-16)14-6-1-2-7-15(14)24-20(25)28/h1-7,10,16,23H,8-9,11H2,(H,22,26)/t16-/m1/s1. The van der Waals surface area contributed by atoms with Gasteiger partial charge in [0.05, 0.1) is 5.52 Å². The van der Waals surface area contributed by atoms with Crippen LogP contribution in [0.25, 0.3) is 10.9 Å². The van der Waals surface area contributed by atoms with Crippen molar-refractivity contribution in [1.82, 2.24) is 14.9 Å². The first-order chi connectivity index (χ1) is 13.5. The zero-order valence-electron chi connectivity index (χ0n) is 14.8. The summed E-state index contributed by atoms with van der Waals surface area (Å²) in [6.07, 6.45) is 0.585.